The minimum absolute atomic E-state index is 0.151. The fourth-order valence-electron chi connectivity index (χ4n) is 4.74. The van der Waals surface area contributed by atoms with Crippen LogP contribution in [-0.2, 0) is 26.9 Å². The molecule has 182 valence electrons. The molecule has 2 aromatic rings. The first-order valence-electron chi connectivity index (χ1n) is 11.5. The van der Waals surface area contributed by atoms with Gasteiger partial charge in [0, 0.05) is 34.5 Å². The number of fused-ring (bicyclic) bond motifs is 1. The third-order valence-electron chi connectivity index (χ3n) is 7.14. The summed E-state index contributed by atoms with van der Waals surface area (Å²) in [6, 6.07) is 8.99. The van der Waals surface area contributed by atoms with Crippen LogP contribution in [0.1, 0.15) is 39.4 Å². The normalized spacial score (nSPS) is 20.9. The number of amides is 4. The topological polar surface area (TPSA) is 78.0 Å². The van der Waals surface area contributed by atoms with E-state index in [0.717, 1.165) is 21.8 Å². The van der Waals surface area contributed by atoms with Crippen LogP contribution in [0.3, 0.4) is 0 Å². The van der Waals surface area contributed by atoms with Crippen LogP contribution in [0.5, 0.6) is 0 Å². The Balaban J connectivity index is 1.54. The second kappa shape index (κ2) is 9.42. The summed E-state index contributed by atoms with van der Waals surface area (Å²) in [4.78, 5) is 54.1. The lowest BCUT2D eigenvalue weighted by Gasteiger charge is -2.37. The van der Waals surface area contributed by atoms with E-state index in [1.54, 1.807) is 33.9 Å². The Morgan fingerprint density at radius 2 is 1.75 bits per heavy atom. The maximum absolute atomic E-state index is 14.9. The van der Waals surface area contributed by atoms with Crippen LogP contribution in [0.25, 0.3) is 0 Å². The molecule has 14 heteroatoms. The summed E-state index contributed by atoms with van der Waals surface area (Å²) < 4.78 is 29.8. The minimum Gasteiger partial charge on any atom is -0.389 e. The Morgan fingerprint density at radius 1 is 1.11 bits per heavy atom. The van der Waals surface area contributed by atoms with E-state index >= 15 is 0 Å². The first-order chi connectivity index (χ1) is 16.8. The summed E-state index contributed by atoms with van der Waals surface area (Å²) in [6.45, 7) is 0.151. The molecular weight excluding hydrogens is 487 g/mol. The Kier molecular flexibility index (Phi) is 6.81. The Morgan fingerprint density at radius 3 is 2.39 bits per heavy atom. The van der Waals surface area contributed by atoms with Crippen molar-refractivity contribution in [2.24, 2.45) is 0 Å². The number of carbonyl (C=O) groups excluding carboxylic acids is 4. The first kappa shape index (κ1) is 26.0. The predicted molar refractivity (Wildman–Crippen MR) is 139 cm³/mol. The van der Waals surface area contributed by atoms with Gasteiger partial charge in [0.1, 0.15) is 21.7 Å². The van der Waals surface area contributed by atoms with Gasteiger partial charge in [-0.25, -0.2) is 0 Å². The van der Waals surface area contributed by atoms with E-state index in [1.165, 1.54) is 33.0 Å². The summed E-state index contributed by atoms with van der Waals surface area (Å²) in [5.41, 5.74) is 1.16. The van der Waals surface area contributed by atoms with Crippen molar-refractivity contribution in [1.82, 2.24) is 14.5 Å². The lowest BCUT2D eigenvalue weighted by atomic mass is 9.76. The van der Waals surface area contributed by atoms with Crippen molar-refractivity contribution in [3.63, 3.8) is 0 Å². The predicted octanol–water partition coefficient (Wildman–Crippen LogP) is -0.807. The zero-order valence-corrected chi connectivity index (χ0v) is 21.1. The average molecular weight is 509 g/mol. The fraction of sp³-hybridized carbons (Fsp3) is 0.273. The van der Waals surface area contributed by atoms with Crippen molar-refractivity contribution in [3.05, 3.63) is 69.7 Å². The van der Waals surface area contributed by atoms with Gasteiger partial charge in [0.25, 0.3) is 11.8 Å². The van der Waals surface area contributed by atoms with Crippen LogP contribution < -0.4 is 0 Å². The minimum atomic E-state index is -3.75. The van der Waals surface area contributed by atoms with Crippen LogP contribution in [0.4, 0.5) is 8.78 Å². The molecule has 4 rings (SSSR count). The number of halogens is 3. The van der Waals surface area contributed by atoms with E-state index in [2.05, 4.69) is 0 Å². The zero-order chi connectivity index (χ0) is 26.5. The third-order valence-corrected chi connectivity index (χ3v) is 7.39. The molecule has 4 amide bonds. The molecule has 0 aromatic heterocycles. The van der Waals surface area contributed by atoms with Crippen LogP contribution in [0.2, 0.25) is 10.8 Å². The Bertz CT molecular complexity index is 1270. The quantitative estimate of drug-likeness (QED) is 0.391. The number of alkyl halides is 2. The number of hydrogen-bond donors (Lipinski definition) is 0. The third kappa shape index (κ3) is 4.34. The van der Waals surface area contributed by atoms with Gasteiger partial charge in [0.15, 0.2) is 0 Å². The fourth-order valence-corrected chi connectivity index (χ4v) is 4.86. The highest BCUT2D eigenvalue weighted by atomic mass is 35.5. The molecule has 1 fully saturated rings. The molecule has 2 aromatic carbocycles. The van der Waals surface area contributed by atoms with E-state index in [-0.39, 0.29) is 29.8 Å². The van der Waals surface area contributed by atoms with Gasteiger partial charge in [-0.15, -0.1) is 0 Å². The molecule has 0 radical (unpaired) electrons. The summed E-state index contributed by atoms with van der Waals surface area (Å²) >= 11 is 5.78. The summed E-state index contributed by atoms with van der Waals surface area (Å²) in [5.74, 6) is -7.26. The van der Waals surface area contributed by atoms with Crippen molar-refractivity contribution >= 4 is 66.9 Å². The second-order valence-corrected chi connectivity index (χ2v) is 9.85. The van der Waals surface area contributed by atoms with Crippen LogP contribution >= 0.6 is 11.6 Å². The highest BCUT2D eigenvalue weighted by Crippen LogP contribution is 2.35. The first-order valence-corrected chi connectivity index (χ1v) is 11.9. The molecule has 1 saturated heterocycles. The molecule has 2 heterocycles. The number of benzene rings is 2. The molecule has 0 aliphatic carbocycles. The number of hydrogen-bond acceptors (Lipinski definition) is 4. The molecule has 0 N–H and O–H groups in total. The maximum Gasteiger partial charge on any atom is 0.348 e. The molecule has 7 nitrogen and oxygen atoms in total. The molecule has 0 bridgehead atoms. The van der Waals surface area contributed by atoms with Crippen molar-refractivity contribution < 1.29 is 28.0 Å². The van der Waals surface area contributed by atoms with Gasteiger partial charge in [0.05, 0.1) is 0 Å². The Hall–Kier alpha value is -3.07. The highest BCUT2D eigenvalue weighted by Gasteiger charge is 2.45. The smallest absolute Gasteiger partial charge is 0.348 e. The van der Waals surface area contributed by atoms with Gasteiger partial charge in [-0.3, -0.25) is 19.2 Å². The molecule has 3 unspecified atom stereocenters. The molecule has 2 aliphatic rings. The number of carbonyl (C=O) groups is 4. The van der Waals surface area contributed by atoms with Gasteiger partial charge in [-0.1, -0.05) is 35.9 Å². The van der Waals surface area contributed by atoms with Crippen molar-refractivity contribution in [3.8, 4) is 0 Å². The summed E-state index contributed by atoms with van der Waals surface area (Å²) in [6.07, 6.45) is 0.238. The van der Waals surface area contributed by atoms with Crippen LogP contribution in [-0.4, -0.2) is 75.8 Å². The molecular formula is C22H22B4ClF2N3O4. The number of piperidine rings is 1. The lowest BCUT2D eigenvalue weighted by molar-refractivity contribution is -0.154. The molecule has 2 aliphatic heterocycles. The monoisotopic (exact) mass is 509 g/mol. The molecule has 0 saturated carbocycles. The molecule has 3 atom stereocenters. The van der Waals surface area contributed by atoms with E-state index < -0.39 is 41.1 Å². The van der Waals surface area contributed by atoms with Crippen molar-refractivity contribution in [2.75, 3.05) is 0 Å². The molecule has 0 spiro atoms. The maximum atomic E-state index is 14.9. The summed E-state index contributed by atoms with van der Waals surface area (Å²) in [5, 5.41) is 0.285. The van der Waals surface area contributed by atoms with Gasteiger partial charge in [0.2, 0.25) is 27.8 Å². The highest BCUT2D eigenvalue weighted by molar-refractivity contribution is 6.35. The zero-order valence-electron chi connectivity index (χ0n) is 20.3. The SMILES string of the molecule is BC1CC(N2Cc3cc(C(B)N(B)C(=O)C(F)(F)c4ccc(Cl)cc4)ccc3C2=O)C(=O)N(B)C1=O. The van der Waals surface area contributed by atoms with Gasteiger partial charge < -0.3 is 14.5 Å². The standard InChI is InChI=1S/C22H22B4ClF2N3O4/c23-15-8-16(20(35)32(26)19(15)34)30-9-11-7-10(1-6-14(11)18(30)33)17(24)31(25)21(36)22(28,29)12-2-4-13(27)5-3-12/h1-7,15-17H,8-9,23-26H2. The van der Waals surface area contributed by atoms with E-state index in [1.807, 2.05) is 0 Å². The molecule has 36 heavy (non-hydrogen) atoms. The van der Waals surface area contributed by atoms with Crippen LogP contribution in [0.15, 0.2) is 42.5 Å². The van der Waals surface area contributed by atoms with Crippen LogP contribution in [0, 0.1) is 0 Å². The van der Waals surface area contributed by atoms with Crippen molar-refractivity contribution in [1.29, 1.82) is 0 Å². The van der Waals surface area contributed by atoms with Gasteiger partial charge in [-0.05, 0) is 35.7 Å². The number of rotatable bonds is 5. The van der Waals surface area contributed by atoms with Crippen molar-refractivity contribution in [2.45, 2.75) is 36.7 Å². The Labute approximate surface area is 215 Å². The van der Waals surface area contributed by atoms with E-state index in [4.69, 9.17) is 11.6 Å². The van der Waals surface area contributed by atoms with E-state index in [9.17, 15) is 28.0 Å². The second-order valence-electron chi connectivity index (χ2n) is 9.41. The largest absolute Gasteiger partial charge is 0.389 e. The number of nitrogens with zero attached hydrogens (tertiary/aromatic N) is 3. The lowest BCUT2D eigenvalue weighted by Crippen LogP contribution is -2.55. The van der Waals surface area contributed by atoms with Gasteiger partial charge >= 0.3 is 5.92 Å². The van der Waals surface area contributed by atoms with Gasteiger partial charge in [-0.2, -0.15) is 8.78 Å². The van der Waals surface area contributed by atoms with E-state index in [0.29, 0.717) is 16.7 Å². The number of imide groups is 1. The summed E-state index contributed by atoms with van der Waals surface area (Å²) in [7, 11) is 6.06. The average Bonchev–Trinajstić information content (AvgIpc) is 3.19.